The second-order valence-corrected chi connectivity index (χ2v) is 5.21. The lowest BCUT2D eigenvalue weighted by molar-refractivity contribution is -0.144. The Kier molecular flexibility index (Phi) is 4.98. The van der Waals surface area contributed by atoms with Gasteiger partial charge in [0.15, 0.2) is 0 Å². The van der Waals surface area contributed by atoms with Gasteiger partial charge >= 0.3 is 5.97 Å². The minimum absolute atomic E-state index is 0.453. The van der Waals surface area contributed by atoms with E-state index < -0.39 is 12.0 Å². The topological polar surface area (TPSA) is 61.8 Å². The highest BCUT2D eigenvalue weighted by Crippen LogP contribution is 2.19. The summed E-state index contributed by atoms with van der Waals surface area (Å²) in [4.78, 5) is 13.1. The zero-order valence-electron chi connectivity index (χ0n) is 12.1. The van der Waals surface area contributed by atoms with E-state index >= 15 is 0 Å². The van der Waals surface area contributed by atoms with Gasteiger partial charge in [0.05, 0.1) is 0 Å². The molecule has 1 heterocycles. The number of hydrogen-bond donors (Lipinski definition) is 2. The predicted molar refractivity (Wildman–Crippen MR) is 77.3 cm³/mol. The SMILES string of the molecule is Cc1ccc(C)c(OCCN2CCNCC2C(=O)O)c1. The van der Waals surface area contributed by atoms with E-state index in [0.29, 0.717) is 19.7 Å². The molecule has 20 heavy (non-hydrogen) atoms. The molecule has 1 aromatic rings. The third-order valence-electron chi connectivity index (χ3n) is 3.62. The number of nitrogens with one attached hydrogen (secondary N) is 1. The zero-order chi connectivity index (χ0) is 14.5. The zero-order valence-corrected chi connectivity index (χ0v) is 12.1. The molecular weight excluding hydrogens is 256 g/mol. The van der Waals surface area contributed by atoms with Crippen molar-refractivity contribution in [3.63, 3.8) is 0 Å². The summed E-state index contributed by atoms with van der Waals surface area (Å²) in [6.07, 6.45) is 0. The Bertz CT molecular complexity index is 476. The number of piperazine rings is 1. The molecule has 0 bridgehead atoms. The van der Waals surface area contributed by atoms with E-state index in [1.54, 1.807) is 0 Å². The number of ether oxygens (including phenoxy) is 1. The van der Waals surface area contributed by atoms with Gasteiger partial charge in [-0.1, -0.05) is 12.1 Å². The number of carboxylic acids is 1. The minimum atomic E-state index is -0.774. The monoisotopic (exact) mass is 278 g/mol. The second-order valence-electron chi connectivity index (χ2n) is 5.21. The van der Waals surface area contributed by atoms with E-state index in [9.17, 15) is 9.90 Å². The van der Waals surface area contributed by atoms with Crippen LogP contribution in [0.3, 0.4) is 0 Å². The fourth-order valence-electron chi connectivity index (χ4n) is 2.39. The van der Waals surface area contributed by atoms with Crippen molar-refractivity contribution in [2.45, 2.75) is 19.9 Å². The molecule has 1 fully saturated rings. The summed E-state index contributed by atoms with van der Waals surface area (Å²) in [7, 11) is 0. The number of aliphatic carboxylic acids is 1. The summed E-state index contributed by atoms with van der Waals surface area (Å²) < 4.78 is 5.79. The van der Waals surface area contributed by atoms with Gasteiger partial charge in [0.1, 0.15) is 18.4 Å². The minimum Gasteiger partial charge on any atom is -0.492 e. The molecule has 1 aliphatic heterocycles. The van der Waals surface area contributed by atoms with Gasteiger partial charge in [0.2, 0.25) is 0 Å². The summed E-state index contributed by atoms with van der Waals surface area (Å²) in [5.41, 5.74) is 2.27. The molecule has 1 unspecified atom stereocenters. The van der Waals surface area contributed by atoms with Crippen molar-refractivity contribution >= 4 is 5.97 Å². The van der Waals surface area contributed by atoms with Crippen LogP contribution in [-0.2, 0) is 4.79 Å². The summed E-state index contributed by atoms with van der Waals surface area (Å²) in [6.45, 7) is 7.25. The summed E-state index contributed by atoms with van der Waals surface area (Å²) in [5.74, 6) is 0.107. The Hall–Kier alpha value is -1.59. The summed E-state index contributed by atoms with van der Waals surface area (Å²) >= 11 is 0. The largest absolute Gasteiger partial charge is 0.492 e. The van der Waals surface area contributed by atoms with Crippen molar-refractivity contribution in [3.05, 3.63) is 29.3 Å². The number of carboxylic acid groups (broad SMARTS) is 1. The van der Waals surface area contributed by atoms with Gasteiger partial charge in [-0.2, -0.15) is 0 Å². The number of rotatable bonds is 5. The van der Waals surface area contributed by atoms with Crippen LogP contribution in [0, 0.1) is 13.8 Å². The molecule has 0 spiro atoms. The van der Waals surface area contributed by atoms with Gasteiger partial charge in [-0.25, -0.2) is 0 Å². The maximum Gasteiger partial charge on any atom is 0.322 e. The molecule has 5 heteroatoms. The average molecular weight is 278 g/mol. The number of nitrogens with zero attached hydrogens (tertiary/aromatic N) is 1. The molecule has 5 nitrogen and oxygen atoms in total. The Morgan fingerprint density at radius 2 is 2.30 bits per heavy atom. The van der Waals surface area contributed by atoms with E-state index in [1.165, 1.54) is 0 Å². The first-order valence-electron chi connectivity index (χ1n) is 6.95. The molecule has 1 aliphatic rings. The van der Waals surface area contributed by atoms with Crippen LogP contribution in [0.15, 0.2) is 18.2 Å². The van der Waals surface area contributed by atoms with Crippen molar-refractivity contribution in [1.29, 1.82) is 0 Å². The molecule has 0 radical (unpaired) electrons. The molecular formula is C15H22N2O3. The molecule has 0 saturated carbocycles. The molecule has 0 aromatic heterocycles. The lowest BCUT2D eigenvalue weighted by Gasteiger charge is -2.33. The Morgan fingerprint density at radius 3 is 3.05 bits per heavy atom. The van der Waals surface area contributed by atoms with Crippen LogP contribution in [0.25, 0.3) is 0 Å². The van der Waals surface area contributed by atoms with E-state index in [0.717, 1.165) is 30.0 Å². The van der Waals surface area contributed by atoms with Crippen LogP contribution < -0.4 is 10.1 Å². The quantitative estimate of drug-likeness (QED) is 0.842. The highest BCUT2D eigenvalue weighted by molar-refractivity contribution is 5.73. The summed E-state index contributed by atoms with van der Waals surface area (Å²) in [6, 6.07) is 5.65. The molecule has 1 atom stereocenters. The second kappa shape index (κ2) is 6.72. The van der Waals surface area contributed by atoms with Crippen molar-refractivity contribution in [3.8, 4) is 5.75 Å². The average Bonchev–Trinajstić information content (AvgIpc) is 2.43. The van der Waals surface area contributed by atoms with E-state index in [4.69, 9.17) is 4.74 Å². The molecule has 1 aromatic carbocycles. The van der Waals surface area contributed by atoms with Gasteiger partial charge in [-0.3, -0.25) is 9.69 Å². The van der Waals surface area contributed by atoms with Crippen LogP contribution in [0.5, 0.6) is 5.75 Å². The van der Waals surface area contributed by atoms with Gasteiger partial charge in [0.25, 0.3) is 0 Å². The van der Waals surface area contributed by atoms with Gasteiger partial charge in [-0.15, -0.1) is 0 Å². The van der Waals surface area contributed by atoms with E-state index in [2.05, 4.69) is 11.4 Å². The number of aryl methyl sites for hydroxylation is 2. The van der Waals surface area contributed by atoms with Crippen LogP contribution in [0.1, 0.15) is 11.1 Å². The smallest absolute Gasteiger partial charge is 0.322 e. The Balaban J connectivity index is 1.88. The van der Waals surface area contributed by atoms with Gasteiger partial charge < -0.3 is 15.2 Å². The molecule has 1 saturated heterocycles. The van der Waals surface area contributed by atoms with Crippen LogP contribution in [-0.4, -0.2) is 54.8 Å². The molecule has 0 amide bonds. The summed E-state index contributed by atoms with van der Waals surface area (Å²) in [5, 5.41) is 12.3. The highest BCUT2D eigenvalue weighted by Gasteiger charge is 2.27. The van der Waals surface area contributed by atoms with Crippen LogP contribution in [0.2, 0.25) is 0 Å². The van der Waals surface area contributed by atoms with E-state index in [1.807, 2.05) is 30.9 Å². The maximum absolute atomic E-state index is 11.2. The standard InChI is InChI=1S/C15H22N2O3/c1-11-3-4-12(2)14(9-11)20-8-7-17-6-5-16-10-13(17)15(18)19/h3-4,9,13,16H,5-8,10H2,1-2H3,(H,18,19). The lowest BCUT2D eigenvalue weighted by atomic mass is 10.1. The first-order valence-corrected chi connectivity index (χ1v) is 6.95. The first kappa shape index (κ1) is 14.8. The Morgan fingerprint density at radius 1 is 1.50 bits per heavy atom. The third kappa shape index (κ3) is 3.71. The van der Waals surface area contributed by atoms with Crippen molar-refractivity contribution < 1.29 is 14.6 Å². The number of benzene rings is 1. The van der Waals surface area contributed by atoms with Gasteiger partial charge in [0, 0.05) is 26.2 Å². The highest BCUT2D eigenvalue weighted by atomic mass is 16.5. The van der Waals surface area contributed by atoms with Crippen molar-refractivity contribution in [2.24, 2.45) is 0 Å². The third-order valence-corrected chi connectivity index (χ3v) is 3.62. The fraction of sp³-hybridized carbons (Fsp3) is 0.533. The van der Waals surface area contributed by atoms with E-state index in [-0.39, 0.29) is 0 Å². The maximum atomic E-state index is 11.2. The number of hydrogen-bond acceptors (Lipinski definition) is 4. The molecule has 110 valence electrons. The molecule has 0 aliphatic carbocycles. The van der Waals surface area contributed by atoms with Gasteiger partial charge in [-0.05, 0) is 31.0 Å². The number of carbonyl (C=O) groups is 1. The Labute approximate surface area is 119 Å². The molecule has 2 N–H and O–H groups in total. The fourth-order valence-corrected chi connectivity index (χ4v) is 2.39. The predicted octanol–water partition coefficient (Wildman–Crippen LogP) is 1.04. The van der Waals surface area contributed by atoms with Crippen molar-refractivity contribution in [2.75, 3.05) is 32.8 Å². The molecule has 2 rings (SSSR count). The normalized spacial score (nSPS) is 19.8. The van der Waals surface area contributed by atoms with Crippen LogP contribution in [0.4, 0.5) is 0 Å². The van der Waals surface area contributed by atoms with Crippen LogP contribution >= 0.6 is 0 Å². The lowest BCUT2D eigenvalue weighted by Crippen LogP contribution is -2.55. The van der Waals surface area contributed by atoms with Crippen molar-refractivity contribution in [1.82, 2.24) is 10.2 Å². The first-order chi connectivity index (χ1) is 9.58.